The third-order valence-electron chi connectivity index (χ3n) is 6.32. The predicted molar refractivity (Wildman–Crippen MR) is 107 cm³/mol. The number of hydrogen-bond donors (Lipinski definition) is 3. The van der Waals surface area contributed by atoms with E-state index in [0.717, 1.165) is 17.3 Å². The van der Waals surface area contributed by atoms with E-state index in [0.29, 0.717) is 32.4 Å². The Morgan fingerprint density at radius 1 is 1.28 bits per heavy atom. The number of aliphatic hydroxyl groups is 1. The molecule has 4 rings (SSSR count). The van der Waals surface area contributed by atoms with Crippen LogP contribution in [0.1, 0.15) is 51.6 Å². The van der Waals surface area contributed by atoms with Crippen molar-refractivity contribution in [3.8, 4) is 0 Å². The highest BCUT2D eigenvalue weighted by Crippen LogP contribution is 2.40. The van der Waals surface area contributed by atoms with Crippen molar-refractivity contribution in [2.45, 2.75) is 44.3 Å². The summed E-state index contributed by atoms with van der Waals surface area (Å²) < 4.78 is 54.1. The van der Waals surface area contributed by atoms with Crippen LogP contribution < -0.4 is 5.32 Å². The van der Waals surface area contributed by atoms with Crippen LogP contribution in [0.25, 0.3) is 0 Å². The first-order valence-corrected chi connectivity index (χ1v) is 10.5. The minimum atomic E-state index is -4.77. The van der Waals surface area contributed by atoms with E-state index in [2.05, 4.69) is 15.5 Å². The van der Waals surface area contributed by atoms with Crippen LogP contribution in [0, 0.1) is 5.82 Å². The fourth-order valence-electron chi connectivity index (χ4n) is 4.61. The van der Waals surface area contributed by atoms with Gasteiger partial charge in [0.15, 0.2) is 12.0 Å². The molecule has 1 aromatic heterocycles. The second-order valence-corrected chi connectivity index (χ2v) is 8.18. The first-order chi connectivity index (χ1) is 15.2. The first-order valence-electron chi connectivity index (χ1n) is 10.5. The number of rotatable bonds is 4. The number of aromatic nitrogens is 2. The van der Waals surface area contributed by atoms with Crippen molar-refractivity contribution < 1.29 is 27.5 Å². The maximum Gasteiger partial charge on any atom is 0.419 e. The molecule has 1 amide bonds. The normalized spacial score (nSPS) is 19.1. The van der Waals surface area contributed by atoms with Crippen molar-refractivity contribution in [3.05, 3.63) is 52.1 Å². The number of hydrogen-bond acceptors (Lipinski definition) is 5. The topological polar surface area (TPSA) is 84.5 Å². The zero-order valence-corrected chi connectivity index (χ0v) is 17.5. The van der Waals surface area contributed by atoms with Gasteiger partial charge in [0.1, 0.15) is 5.82 Å². The van der Waals surface area contributed by atoms with Gasteiger partial charge >= 0.3 is 6.18 Å². The fraction of sp³-hybridized carbons (Fsp3) is 0.524. The van der Waals surface area contributed by atoms with E-state index in [9.17, 15) is 27.5 Å². The molecule has 0 spiro atoms. The summed E-state index contributed by atoms with van der Waals surface area (Å²) in [5.41, 5.74) is 0.570. The van der Waals surface area contributed by atoms with Gasteiger partial charge in [0.25, 0.3) is 5.91 Å². The highest BCUT2D eigenvalue weighted by atomic mass is 19.4. The molecule has 2 aliphatic heterocycles. The number of halogens is 4. The molecule has 11 heteroatoms. The number of nitrogens with one attached hydrogen (secondary N) is 2. The van der Waals surface area contributed by atoms with Gasteiger partial charge in [-0.3, -0.25) is 20.1 Å². The maximum atomic E-state index is 13.9. The van der Waals surface area contributed by atoms with E-state index in [1.54, 1.807) is 16.8 Å². The number of carbonyl (C=O) groups excluding carboxylic acids is 1. The molecule has 1 fully saturated rings. The summed E-state index contributed by atoms with van der Waals surface area (Å²) >= 11 is 0. The standard InChI is InChI=1S/C21H25F4N5O2/c1-26-20(32)30-10-7-16-14(11-30)18(28-27-16)19(31)29-8-5-12(6-9-29)13-3-2-4-15(22)17(13)21(23,24)25/h2-4,12,20,26,32H,5-11H2,1H3,(H,27,28). The number of likely N-dealkylation sites (tertiary alicyclic amines) is 1. The Morgan fingerprint density at radius 3 is 2.66 bits per heavy atom. The first kappa shape index (κ1) is 22.7. The number of alkyl halides is 3. The van der Waals surface area contributed by atoms with Gasteiger partial charge in [0.05, 0.1) is 5.56 Å². The van der Waals surface area contributed by atoms with E-state index in [4.69, 9.17) is 0 Å². The number of piperidine rings is 1. The van der Waals surface area contributed by atoms with Gasteiger partial charge in [-0.2, -0.15) is 18.3 Å². The maximum absolute atomic E-state index is 13.9. The molecule has 0 bridgehead atoms. The molecule has 0 saturated carbocycles. The van der Waals surface area contributed by atoms with Gasteiger partial charge < -0.3 is 10.0 Å². The zero-order chi connectivity index (χ0) is 23.0. The lowest BCUT2D eigenvalue weighted by Crippen LogP contribution is -2.46. The van der Waals surface area contributed by atoms with Gasteiger partial charge in [-0.05, 0) is 37.4 Å². The Kier molecular flexibility index (Phi) is 6.24. The van der Waals surface area contributed by atoms with Crippen molar-refractivity contribution in [1.29, 1.82) is 0 Å². The highest BCUT2D eigenvalue weighted by Gasteiger charge is 2.39. The largest absolute Gasteiger partial charge is 0.419 e. The monoisotopic (exact) mass is 455 g/mol. The van der Waals surface area contributed by atoms with E-state index in [1.807, 2.05) is 0 Å². The molecular formula is C21H25F4N5O2. The molecule has 2 aliphatic rings. The van der Waals surface area contributed by atoms with Crippen molar-refractivity contribution in [2.24, 2.45) is 0 Å². The minimum absolute atomic E-state index is 0.0570. The molecule has 2 aromatic rings. The van der Waals surface area contributed by atoms with Crippen LogP contribution in [-0.2, 0) is 19.1 Å². The lowest BCUT2D eigenvalue weighted by atomic mass is 9.86. The van der Waals surface area contributed by atoms with Crippen molar-refractivity contribution >= 4 is 5.91 Å². The number of benzene rings is 1. The second kappa shape index (κ2) is 8.80. The van der Waals surface area contributed by atoms with Crippen LogP contribution in [0.2, 0.25) is 0 Å². The molecule has 1 atom stereocenters. The summed E-state index contributed by atoms with van der Waals surface area (Å²) in [6, 6.07) is 3.43. The molecular weight excluding hydrogens is 430 g/mol. The Labute approximate surface area is 182 Å². The molecule has 3 heterocycles. The molecule has 3 N–H and O–H groups in total. The molecule has 1 saturated heterocycles. The fourth-order valence-corrected chi connectivity index (χ4v) is 4.61. The quantitative estimate of drug-likeness (QED) is 0.487. The lowest BCUT2D eigenvalue weighted by molar-refractivity contribution is -0.140. The predicted octanol–water partition coefficient (Wildman–Crippen LogP) is 2.44. The van der Waals surface area contributed by atoms with Crippen molar-refractivity contribution in [1.82, 2.24) is 25.3 Å². The van der Waals surface area contributed by atoms with Crippen LogP contribution in [0.4, 0.5) is 17.6 Å². The number of aromatic amines is 1. The molecule has 174 valence electrons. The summed E-state index contributed by atoms with van der Waals surface area (Å²) in [6.45, 7) is 1.46. The molecule has 1 aromatic carbocycles. The Morgan fingerprint density at radius 2 is 2.00 bits per heavy atom. The van der Waals surface area contributed by atoms with Crippen LogP contribution in [0.3, 0.4) is 0 Å². The lowest BCUT2D eigenvalue weighted by Gasteiger charge is -2.34. The average Bonchev–Trinajstić information content (AvgIpc) is 3.20. The van der Waals surface area contributed by atoms with Gasteiger partial charge in [-0.15, -0.1) is 0 Å². The number of H-pyrrole nitrogens is 1. The molecule has 0 radical (unpaired) electrons. The number of nitrogens with zero attached hydrogens (tertiary/aromatic N) is 3. The Hall–Kier alpha value is -2.50. The molecule has 7 nitrogen and oxygen atoms in total. The van der Waals surface area contributed by atoms with Crippen LogP contribution in [0.5, 0.6) is 0 Å². The van der Waals surface area contributed by atoms with Crippen LogP contribution in [0.15, 0.2) is 18.2 Å². The molecule has 32 heavy (non-hydrogen) atoms. The highest BCUT2D eigenvalue weighted by molar-refractivity contribution is 5.94. The zero-order valence-electron chi connectivity index (χ0n) is 17.5. The minimum Gasteiger partial charge on any atom is -0.365 e. The SMILES string of the molecule is CNC(O)N1CCc2[nH]nc(C(=O)N3CCC(c4cccc(F)c4C(F)(F)F)CC3)c2C1. The number of aliphatic hydroxyl groups excluding tert-OH is 1. The Bertz CT molecular complexity index is 985. The van der Waals surface area contributed by atoms with E-state index < -0.39 is 29.8 Å². The summed E-state index contributed by atoms with van der Waals surface area (Å²) in [5.74, 6) is -2.05. The summed E-state index contributed by atoms with van der Waals surface area (Å²) in [4.78, 5) is 16.5. The van der Waals surface area contributed by atoms with Gasteiger partial charge in [-0.1, -0.05) is 12.1 Å². The van der Waals surface area contributed by atoms with Crippen molar-refractivity contribution in [3.63, 3.8) is 0 Å². The smallest absolute Gasteiger partial charge is 0.365 e. The second-order valence-electron chi connectivity index (χ2n) is 8.18. The van der Waals surface area contributed by atoms with E-state index in [-0.39, 0.29) is 30.3 Å². The third kappa shape index (κ3) is 4.24. The molecule has 0 aliphatic carbocycles. The Balaban J connectivity index is 1.47. The average molecular weight is 455 g/mol. The number of carbonyl (C=O) groups is 1. The number of amides is 1. The van der Waals surface area contributed by atoms with E-state index in [1.165, 1.54) is 12.1 Å². The van der Waals surface area contributed by atoms with Gasteiger partial charge in [0, 0.05) is 43.9 Å². The van der Waals surface area contributed by atoms with Crippen molar-refractivity contribution in [2.75, 3.05) is 26.7 Å². The third-order valence-corrected chi connectivity index (χ3v) is 6.32. The van der Waals surface area contributed by atoms with Crippen LogP contribution >= 0.6 is 0 Å². The summed E-state index contributed by atoms with van der Waals surface area (Å²) in [7, 11) is 1.63. The van der Waals surface area contributed by atoms with E-state index >= 15 is 0 Å². The summed E-state index contributed by atoms with van der Waals surface area (Å²) in [5, 5.41) is 19.9. The summed E-state index contributed by atoms with van der Waals surface area (Å²) in [6.07, 6.45) is -4.40. The van der Waals surface area contributed by atoms with Crippen LogP contribution in [-0.4, -0.2) is 64.0 Å². The van der Waals surface area contributed by atoms with Gasteiger partial charge in [0.2, 0.25) is 0 Å². The number of fused-ring (bicyclic) bond motifs is 1. The molecule has 1 unspecified atom stereocenters. The van der Waals surface area contributed by atoms with Gasteiger partial charge in [-0.25, -0.2) is 4.39 Å².